The molecule has 1 rings (SSSR count). The van der Waals surface area contributed by atoms with Gasteiger partial charge < -0.3 is 4.74 Å². The standard InChI is InChI=1S/C7H6N2O.C2H6.C2H4/c1-10-7-3-2-6(4-8)5-9-7;2*1-2/h2-3,5H,1H3;1-2H3;1-2H2. The smallest absolute Gasteiger partial charge is 0.212 e. The van der Waals surface area contributed by atoms with E-state index in [4.69, 9.17) is 10.00 Å². The molecule has 1 aromatic rings. The van der Waals surface area contributed by atoms with Crippen LogP contribution in [0.5, 0.6) is 5.88 Å². The fourth-order valence-corrected chi connectivity index (χ4v) is 0.567. The van der Waals surface area contributed by atoms with Crippen LogP contribution in [0, 0.1) is 11.3 Å². The van der Waals surface area contributed by atoms with Crippen LogP contribution in [0.4, 0.5) is 0 Å². The lowest BCUT2D eigenvalue weighted by molar-refractivity contribution is 0.398. The van der Waals surface area contributed by atoms with Gasteiger partial charge in [0.2, 0.25) is 5.88 Å². The number of rotatable bonds is 1. The Hall–Kier alpha value is -1.82. The van der Waals surface area contributed by atoms with Crippen molar-refractivity contribution in [2.24, 2.45) is 0 Å². The van der Waals surface area contributed by atoms with Crippen molar-refractivity contribution in [3.05, 3.63) is 37.1 Å². The first-order valence-electron chi connectivity index (χ1n) is 4.27. The maximum Gasteiger partial charge on any atom is 0.212 e. The molecule has 0 saturated carbocycles. The van der Waals surface area contributed by atoms with Gasteiger partial charge in [0, 0.05) is 12.3 Å². The van der Waals surface area contributed by atoms with E-state index < -0.39 is 0 Å². The predicted octanol–water partition coefficient (Wildman–Crippen LogP) is 2.79. The molecular formula is C11H16N2O. The Kier molecular flexibility index (Phi) is 11.7. The summed E-state index contributed by atoms with van der Waals surface area (Å²) in [6.07, 6.45) is 1.47. The molecule has 0 radical (unpaired) electrons. The zero-order valence-electron chi connectivity index (χ0n) is 8.95. The minimum absolute atomic E-state index is 0.527. The molecule has 1 aromatic heterocycles. The molecule has 1 heterocycles. The van der Waals surface area contributed by atoms with Gasteiger partial charge in [0.15, 0.2) is 0 Å². The molecule has 0 bridgehead atoms. The van der Waals surface area contributed by atoms with E-state index in [1.54, 1.807) is 12.1 Å². The Morgan fingerprint density at radius 3 is 2.21 bits per heavy atom. The average molecular weight is 192 g/mol. The van der Waals surface area contributed by atoms with E-state index in [-0.39, 0.29) is 0 Å². The van der Waals surface area contributed by atoms with Gasteiger partial charge in [-0.25, -0.2) is 4.98 Å². The van der Waals surface area contributed by atoms with Crippen molar-refractivity contribution in [1.29, 1.82) is 5.26 Å². The second-order valence-electron chi connectivity index (χ2n) is 1.70. The molecule has 14 heavy (non-hydrogen) atoms. The molecule has 0 spiro atoms. The molecule has 0 N–H and O–H groups in total. The van der Waals surface area contributed by atoms with Crippen LogP contribution >= 0.6 is 0 Å². The monoisotopic (exact) mass is 192 g/mol. The van der Waals surface area contributed by atoms with Gasteiger partial charge >= 0.3 is 0 Å². The van der Waals surface area contributed by atoms with E-state index in [2.05, 4.69) is 18.1 Å². The summed E-state index contributed by atoms with van der Waals surface area (Å²) in [5, 5.41) is 8.37. The normalized spacial score (nSPS) is 6.71. The maximum atomic E-state index is 8.37. The van der Waals surface area contributed by atoms with Gasteiger partial charge in [-0.15, -0.1) is 13.2 Å². The summed E-state index contributed by atoms with van der Waals surface area (Å²) < 4.78 is 4.79. The molecule has 0 aliphatic carbocycles. The summed E-state index contributed by atoms with van der Waals surface area (Å²) in [7, 11) is 1.54. The Bertz CT molecular complexity index is 262. The highest BCUT2D eigenvalue weighted by Gasteiger charge is 1.90. The first kappa shape index (κ1) is 14.7. The molecule has 0 aromatic carbocycles. The molecule has 3 heteroatoms. The number of pyridine rings is 1. The van der Waals surface area contributed by atoms with Crippen LogP contribution in [-0.2, 0) is 0 Å². The highest BCUT2D eigenvalue weighted by atomic mass is 16.5. The molecular weight excluding hydrogens is 176 g/mol. The van der Waals surface area contributed by atoms with Crippen molar-refractivity contribution in [1.82, 2.24) is 4.98 Å². The van der Waals surface area contributed by atoms with E-state index in [9.17, 15) is 0 Å². The minimum atomic E-state index is 0.527. The van der Waals surface area contributed by atoms with Gasteiger partial charge in [-0.2, -0.15) is 5.26 Å². The van der Waals surface area contributed by atoms with Gasteiger partial charge in [-0.05, 0) is 6.07 Å². The van der Waals surface area contributed by atoms with Gasteiger partial charge in [0.1, 0.15) is 6.07 Å². The van der Waals surface area contributed by atoms with Crippen LogP contribution in [0.3, 0.4) is 0 Å². The van der Waals surface area contributed by atoms with Crippen molar-refractivity contribution in [2.45, 2.75) is 13.8 Å². The lowest BCUT2D eigenvalue weighted by Crippen LogP contribution is -1.86. The fourth-order valence-electron chi connectivity index (χ4n) is 0.567. The third kappa shape index (κ3) is 5.78. The Morgan fingerprint density at radius 1 is 1.36 bits per heavy atom. The maximum absolute atomic E-state index is 8.37. The first-order chi connectivity index (χ1) is 6.86. The largest absolute Gasteiger partial charge is 0.481 e. The van der Waals surface area contributed by atoms with Gasteiger partial charge in [-0.3, -0.25) is 0 Å². The number of hydrogen-bond donors (Lipinski definition) is 0. The number of hydrogen-bond acceptors (Lipinski definition) is 3. The van der Waals surface area contributed by atoms with Crippen molar-refractivity contribution < 1.29 is 4.74 Å². The Balaban J connectivity index is 0. The summed E-state index contributed by atoms with van der Waals surface area (Å²) in [5.74, 6) is 0.527. The molecule has 0 saturated heterocycles. The molecule has 0 fully saturated rings. The van der Waals surface area contributed by atoms with Crippen molar-refractivity contribution in [3.63, 3.8) is 0 Å². The van der Waals surface area contributed by atoms with E-state index in [1.807, 2.05) is 19.9 Å². The number of aromatic nitrogens is 1. The molecule has 76 valence electrons. The highest BCUT2D eigenvalue weighted by Crippen LogP contribution is 2.04. The van der Waals surface area contributed by atoms with Gasteiger partial charge in [-0.1, -0.05) is 13.8 Å². The minimum Gasteiger partial charge on any atom is -0.481 e. The van der Waals surface area contributed by atoms with E-state index in [0.29, 0.717) is 11.4 Å². The predicted molar refractivity (Wildman–Crippen MR) is 58.1 cm³/mol. The Morgan fingerprint density at radius 2 is 1.93 bits per heavy atom. The highest BCUT2D eigenvalue weighted by molar-refractivity contribution is 5.27. The van der Waals surface area contributed by atoms with Gasteiger partial charge in [0.25, 0.3) is 0 Å². The zero-order chi connectivity index (χ0) is 11.4. The molecule has 0 amide bonds. The quantitative estimate of drug-likeness (QED) is 0.643. The lowest BCUT2D eigenvalue weighted by atomic mass is 10.3. The summed E-state index contributed by atoms with van der Waals surface area (Å²) in [6, 6.07) is 5.27. The number of nitriles is 1. The molecule has 3 nitrogen and oxygen atoms in total. The van der Waals surface area contributed by atoms with Crippen LogP contribution in [-0.4, -0.2) is 12.1 Å². The summed E-state index contributed by atoms with van der Waals surface area (Å²) in [6.45, 7) is 10.0. The second-order valence-corrected chi connectivity index (χ2v) is 1.70. The molecule has 0 aliphatic heterocycles. The van der Waals surface area contributed by atoms with Crippen LogP contribution in [0.1, 0.15) is 19.4 Å². The second kappa shape index (κ2) is 11.2. The van der Waals surface area contributed by atoms with Crippen molar-refractivity contribution in [2.75, 3.05) is 7.11 Å². The molecule has 0 unspecified atom stereocenters. The third-order valence-corrected chi connectivity index (χ3v) is 1.07. The third-order valence-electron chi connectivity index (χ3n) is 1.07. The SMILES string of the molecule is C=C.CC.COc1ccc(C#N)cn1. The van der Waals surface area contributed by atoms with Crippen molar-refractivity contribution in [3.8, 4) is 11.9 Å². The van der Waals surface area contributed by atoms with Gasteiger partial charge in [0.05, 0.1) is 12.7 Å². The van der Waals surface area contributed by atoms with Crippen molar-refractivity contribution >= 4 is 0 Å². The zero-order valence-corrected chi connectivity index (χ0v) is 8.95. The van der Waals surface area contributed by atoms with Crippen LogP contribution in [0.25, 0.3) is 0 Å². The summed E-state index contributed by atoms with van der Waals surface area (Å²) >= 11 is 0. The van der Waals surface area contributed by atoms with E-state index in [1.165, 1.54) is 13.3 Å². The van der Waals surface area contributed by atoms with E-state index in [0.717, 1.165) is 0 Å². The summed E-state index contributed by atoms with van der Waals surface area (Å²) in [5.41, 5.74) is 0.542. The van der Waals surface area contributed by atoms with E-state index >= 15 is 0 Å². The average Bonchev–Trinajstić information content (AvgIpc) is 2.34. The summed E-state index contributed by atoms with van der Waals surface area (Å²) in [4.78, 5) is 3.82. The number of ether oxygens (including phenoxy) is 1. The van der Waals surface area contributed by atoms with Crippen LogP contribution in [0.2, 0.25) is 0 Å². The first-order valence-corrected chi connectivity index (χ1v) is 4.27. The van der Waals surface area contributed by atoms with Crippen LogP contribution < -0.4 is 4.74 Å². The van der Waals surface area contributed by atoms with Crippen LogP contribution in [0.15, 0.2) is 31.5 Å². The molecule has 0 atom stereocenters. The molecule has 0 aliphatic rings. The lowest BCUT2D eigenvalue weighted by Gasteiger charge is -1.94. The fraction of sp³-hybridized carbons (Fsp3) is 0.273. The Labute approximate surface area is 85.7 Å². The number of nitrogens with zero attached hydrogens (tertiary/aromatic N) is 2. The topological polar surface area (TPSA) is 45.9 Å². The number of methoxy groups -OCH3 is 1.